The molecule has 3 aromatic rings. The second kappa shape index (κ2) is 4.74. The van der Waals surface area contributed by atoms with Gasteiger partial charge in [-0.1, -0.05) is 60.7 Å². The minimum Gasteiger partial charge on any atom is -0.374 e. The lowest BCUT2D eigenvalue weighted by Crippen LogP contribution is -2.27. The molecular formula is C19H15NO. The first-order chi connectivity index (χ1) is 10.3. The van der Waals surface area contributed by atoms with Crippen molar-refractivity contribution in [2.45, 2.75) is 12.5 Å². The highest BCUT2D eigenvalue weighted by atomic mass is 16.1. The molecular weight excluding hydrogens is 258 g/mol. The first kappa shape index (κ1) is 12.2. The highest BCUT2D eigenvalue weighted by Gasteiger charge is 2.27. The summed E-state index contributed by atoms with van der Waals surface area (Å²) in [5.74, 6) is 0.169. The highest BCUT2D eigenvalue weighted by molar-refractivity contribution is 6.12. The van der Waals surface area contributed by atoms with Crippen LogP contribution in [-0.4, -0.2) is 11.8 Å². The van der Waals surface area contributed by atoms with Gasteiger partial charge < -0.3 is 5.32 Å². The zero-order valence-corrected chi connectivity index (χ0v) is 11.5. The normalized spacial score (nSPS) is 16.5. The third-order valence-corrected chi connectivity index (χ3v) is 4.14. The van der Waals surface area contributed by atoms with Crippen molar-refractivity contribution < 1.29 is 4.79 Å². The minimum absolute atomic E-state index is 0.159. The van der Waals surface area contributed by atoms with Gasteiger partial charge in [0.05, 0.1) is 6.04 Å². The maximum Gasteiger partial charge on any atom is 0.185 e. The fraction of sp³-hybridized carbons (Fsp3) is 0.105. The number of benzene rings is 3. The maximum absolute atomic E-state index is 12.9. The van der Waals surface area contributed by atoms with Crippen molar-refractivity contribution >= 4 is 22.2 Å². The van der Waals surface area contributed by atoms with E-state index < -0.39 is 0 Å². The fourth-order valence-electron chi connectivity index (χ4n) is 3.08. The Hall–Kier alpha value is -2.61. The summed E-state index contributed by atoms with van der Waals surface area (Å²) in [5, 5.41) is 5.49. The SMILES string of the molecule is O=C(c1cccc2ccccc12)C1Cc2ccccc2N1. The molecule has 2 heteroatoms. The van der Waals surface area contributed by atoms with Crippen LogP contribution in [0.15, 0.2) is 66.7 Å². The van der Waals surface area contributed by atoms with Crippen molar-refractivity contribution in [3.8, 4) is 0 Å². The molecule has 1 N–H and O–H groups in total. The Balaban J connectivity index is 1.72. The van der Waals surface area contributed by atoms with Gasteiger partial charge >= 0.3 is 0 Å². The van der Waals surface area contributed by atoms with Gasteiger partial charge in [0.15, 0.2) is 5.78 Å². The number of anilines is 1. The average Bonchev–Trinajstić information content (AvgIpc) is 2.97. The molecule has 0 aliphatic carbocycles. The van der Waals surface area contributed by atoms with E-state index in [9.17, 15) is 4.79 Å². The van der Waals surface area contributed by atoms with Gasteiger partial charge in [-0.2, -0.15) is 0 Å². The lowest BCUT2D eigenvalue weighted by Gasteiger charge is -2.12. The van der Waals surface area contributed by atoms with Gasteiger partial charge in [-0.05, 0) is 22.4 Å². The number of carbonyl (C=O) groups excluding carboxylic acids is 1. The van der Waals surface area contributed by atoms with Crippen LogP contribution in [0.5, 0.6) is 0 Å². The molecule has 1 aliphatic heterocycles. The van der Waals surface area contributed by atoms with Crippen LogP contribution in [0.3, 0.4) is 0 Å². The minimum atomic E-state index is -0.159. The van der Waals surface area contributed by atoms with Crippen molar-refractivity contribution in [1.29, 1.82) is 0 Å². The molecule has 2 nitrogen and oxygen atoms in total. The number of nitrogens with one attached hydrogen (secondary N) is 1. The zero-order valence-electron chi connectivity index (χ0n) is 11.5. The molecule has 0 saturated carbocycles. The molecule has 3 aromatic carbocycles. The van der Waals surface area contributed by atoms with Crippen LogP contribution in [0.2, 0.25) is 0 Å². The molecule has 102 valence electrons. The Labute approximate surface area is 123 Å². The van der Waals surface area contributed by atoms with Gasteiger partial charge in [0.2, 0.25) is 0 Å². The van der Waals surface area contributed by atoms with Crippen molar-refractivity contribution in [3.63, 3.8) is 0 Å². The van der Waals surface area contributed by atoms with Gasteiger partial charge in [0.25, 0.3) is 0 Å². The second-order valence-corrected chi connectivity index (χ2v) is 5.45. The smallest absolute Gasteiger partial charge is 0.185 e. The number of Topliss-reactive ketones (excluding diaryl/α,β-unsaturated/α-hetero) is 1. The van der Waals surface area contributed by atoms with Gasteiger partial charge in [-0.3, -0.25) is 4.79 Å². The van der Waals surface area contributed by atoms with E-state index in [-0.39, 0.29) is 11.8 Å². The number of para-hydroxylation sites is 1. The van der Waals surface area contributed by atoms with Crippen molar-refractivity contribution in [1.82, 2.24) is 0 Å². The number of ketones is 1. The second-order valence-electron chi connectivity index (χ2n) is 5.45. The Morgan fingerprint density at radius 2 is 1.67 bits per heavy atom. The quantitative estimate of drug-likeness (QED) is 0.713. The summed E-state index contributed by atoms with van der Waals surface area (Å²) < 4.78 is 0. The van der Waals surface area contributed by atoms with E-state index in [2.05, 4.69) is 11.4 Å². The van der Waals surface area contributed by atoms with Crippen molar-refractivity contribution in [2.75, 3.05) is 5.32 Å². The number of carbonyl (C=O) groups is 1. The summed E-state index contributed by atoms with van der Waals surface area (Å²) in [4.78, 5) is 12.9. The van der Waals surface area contributed by atoms with E-state index in [1.807, 2.05) is 60.7 Å². The van der Waals surface area contributed by atoms with Gasteiger partial charge in [-0.25, -0.2) is 0 Å². The predicted molar refractivity (Wildman–Crippen MR) is 85.8 cm³/mol. The molecule has 0 bridgehead atoms. The summed E-state index contributed by atoms with van der Waals surface area (Å²) >= 11 is 0. The monoisotopic (exact) mass is 273 g/mol. The largest absolute Gasteiger partial charge is 0.374 e. The first-order valence-corrected chi connectivity index (χ1v) is 7.19. The van der Waals surface area contributed by atoms with E-state index in [0.29, 0.717) is 0 Å². The number of rotatable bonds is 2. The van der Waals surface area contributed by atoms with Crippen molar-refractivity contribution in [2.24, 2.45) is 0 Å². The fourth-order valence-corrected chi connectivity index (χ4v) is 3.08. The Morgan fingerprint density at radius 3 is 2.57 bits per heavy atom. The Morgan fingerprint density at radius 1 is 0.905 bits per heavy atom. The summed E-state index contributed by atoms with van der Waals surface area (Å²) in [6.07, 6.45) is 0.762. The third kappa shape index (κ3) is 2.00. The third-order valence-electron chi connectivity index (χ3n) is 4.14. The molecule has 21 heavy (non-hydrogen) atoms. The summed E-state index contributed by atoms with van der Waals surface area (Å²) in [5.41, 5.74) is 3.10. The molecule has 0 radical (unpaired) electrons. The van der Waals surface area contributed by atoms with Crippen LogP contribution in [0, 0.1) is 0 Å². The maximum atomic E-state index is 12.9. The standard InChI is InChI=1S/C19H15NO/c21-19(18-12-14-7-2-4-11-17(14)20-18)16-10-5-8-13-6-1-3-9-15(13)16/h1-11,18,20H,12H2. The van der Waals surface area contributed by atoms with Gasteiger partial charge in [0.1, 0.15) is 0 Å². The van der Waals surface area contributed by atoms with Crippen LogP contribution in [0.4, 0.5) is 5.69 Å². The zero-order chi connectivity index (χ0) is 14.2. The summed E-state index contributed by atoms with van der Waals surface area (Å²) in [6.45, 7) is 0. The van der Waals surface area contributed by atoms with Crippen molar-refractivity contribution in [3.05, 3.63) is 77.9 Å². The molecule has 1 atom stereocenters. The van der Waals surface area contributed by atoms with E-state index in [1.54, 1.807) is 0 Å². The molecule has 0 fully saturated rings. The number of fused-ring (bicyclic) bond motifs is 2. The first-order valence-electron chi connectivity index (χ1n) is 7.19. The summed E-state index contributed by atoms with van der Waals surface area (Å²) in [7, 11) is 0. The molecule has 0 saturated heterocycles. The van der Waals surface area contributed by atoms with Crippen LogP contribution >= 0.6 is 0 Å². The van der Waals surface area contributed by atoms with Gasteiger partial charge in [0, 0.05) is 17.7 Å². The Kier molecular flexibility index (Phi) is 2.74. The van der Waals surface area contributed by atoms with E-state index >= 15 is 0 Å². The lowest BCUT2D eigenvalue weighted by atomic mass is 9.96. The molecule has 4 rings (SSSR count). The van der Waals surface area contributed by atoms with Crippen LogP contribution < -0.4 is 5.32 Å². The van der Waals surface area contributed by atoms with E-state index in [4.69, 9.17) is 0 Å². The molecule has 1 aliphatic rings. The highest BCUT2D eigenvalue weighted by Crippen LogP contribution is 2.28. The molecule has 0 spiro atoms. The van der Waals surface area contributed by atoms with Crippen LogP contribution in [0.25, 0.3) is 10.8 Å². The molecule has 1 heterocycles. The molecule has 1 unspecified atom stereocenters. The number of hydrogen-bond donors (Lipinski definition) is 1. The predicted octanol–water partition coefficient (Wildman–Crippen LogP) is 4.06. The molecule has 0 amide bonds. The number of hydrogen-bond acceptors (Lipinski definition) is 2. The van der Waals surface area contributed by atoms with E-state index in [0.717, 1.165) is 28.4 Å². The Bertz CT molecular complexity index is 807. The summed E-state index contributed by atoms with van der Waals surface area (Å²) in [6, 6.07) is 21.9. The average molecular weight is 273 g/mol. The van der Waals surface area contributed by atoms with Gasteiger partial charge in [-0.15, -0.1) is 0 Å². The van der Waals surface area contributed by atoms with Crippen LogP contribution in [-0.2, 0) is 6.42 Å². The topological polar surface area (TPSA) is 29.1 Å². The lowest BCUT2D eigenvalue weighted by molar-refractivity contribution is 0.0973. The van der Waals surface area contributed by atoms with Crippen LogP contribution in [0.1, 0.15) is 15.9 Å². The van der Waals surface area contributed by atoms with E-state index in [1.165, 1.54) is 5.56 Å². The molecule has 0 aromatic heterocycles.